The Hall–Kier alpha value is -1.41. The predicted octanol–water partition coefficient (Wildman–Crippen LogP) is 2.84. The van der Waals surface area contributed by atoms with Gasteiger partial charge in [-0.1, -0.05) is 41.9 Å². The van der Waals surface area contributed by atoms with E-state index in [1.807, 2.05) is 30.3 Å². The average molecular weight is 193 g/mol. The Balaban J connectivity index is 2.87. The first-order valence-corrected chi connectivity index (χ1v) is 4.09. The van der Waals surface area contributed by atoms with Gasteiger partial charge in [0.15, 0.2) is 0 Å². The highest BCUT2D eigenvalue weighted by atomic mass is 35.5. The van der Waals surface area contributed by atoms with Crippen molar-refractivity contribution in [2.75, 3.05) is 0 Å². The van der Waals surface area contributed by atoms with Gasteiger partial charge in [0, 0.05) is 6.08 Å². The van der Waals surface area contributed by atoms with E-state index >= 15 is 0 Å². The maximum Gasteiger partial charge on any atom is 0.130 e. The summed E-state index contributed by atoms with van der Waals surface area (Å²) in [5.74, 6) is 0. The van der Waals surface area contributed by atoms with Crippen LogP contribution in [0, 0.1) is 5.41 Å². The van der Waals surface area contributed by atoms with Crippen LogP contribution < -0.4 is 0 Å². The molecule has 1 aromatic rings. The van der Waals surface area contributed by atoms with Gasteiger partial charge in [-0.15, -0.1) is 0 Å². The monoisotopic (exact) mass is 192 g/mol. The molecule has 0 amide bonds. The van der Waals surface area contributed by atoms with Gasteiger partial charge in [0.1, 0.15) is 5.16 Å². The fraction of sp³-hybridized carbons (Fsp3) is 0. The van der Waals surface area contributed by atoms with Crippen molar-refractivity contribution in [3.8, 4) is 0 Å². The van der Waals surface area contributed by atoms with Gasteiger partial charge in [-0.25, -0.2) is 0 Å². The van der Waals surface area contributed by atoms with Gasteiger partial charge in [0.05, 0.1) is 5.71 Å². The molecule has 0 spiro atoms. The maximum absolute atomic E-state index is 7.61. The summed E-state index contributed by atoms with van der Waals surface area (Å²) in [6, 6.07) is 9.31. The molecule has 0 aromatic heterocycles. The summed E-state index contributed by atoms with van der Waals surface area (Å²) < 4.78 is 0. The molecular weight excluding hydrogens is 184 g/mol. The number of hydrogen-bond donors (Lipinski definition) is 1. The third-order valence-electron chi connectivity index (χ3n) is 1.50. The highest BCUT2D eigenvalue weighted by Crippen LogP contribution is 2.06. The first-order chi connectivity index (χ1) is 6.24. The topological polar surface area (TPSA) is 36.2 Å². The Labute approximate surface area is 82.1 Å². The number of hydrogen-bond acceptors (Lipinski definition) is 2. The summed E-state index contributed by atoms with van der Waals surface area (Å²) in [6.07, 6.45) is 1.46. The van der Waals surface area contributed by atoms with Crippen molar-refractivity contribution in [2.45, 2.75) is 0 Å². The molecule has 0 bridgehead atoms. The van der Waals surface area contributed by atoms with Gasteiger partial charge in [-0.05, 0) is 12.3 Å². The first kappa shape index (κ1) is 9.68. The van der Waals surface area contributed by atoms with Crippen LogP contribution in [0.1, 0.15) is 5.56 Å². The Morgan fingerprint density at radius 3 is 2.54 bits per heavy atom. The normalized spacial score (nSPS) is 11.0. The quantitative estimate of drug-likeness (QED) is 0.565. The second-order valence-corrected chi connectivity index (χ2v) is 2.79. The van der Waals surface area contributed by atoms with Gasteiger partial charge in [-0.2, -0.15) is 0 Å². The van der Waals surface area contributed by atoms with Crippen molar-refractivity contribution in [1.29, 1.82) is 5.41 Å². The highest BCUT2D eigenvalue weighted by molar-refractivity contribution is 6.31. The van der Waals surface area contributed by atoms with Gasteiger partial charge in [-0.3, -0.25) is 4.99 Å². The first-order valence-electron chi connectivity index (χ1n) is 3.72. The summed E-state index contributed by atoms with van der Waals surface area (Å²) in [6.45, 7) is 3.26. The largest absolute Gasteiger partial charge is 0.300 e. The molecule has 0 aliphatic rings. The van der Waals surface area contributed by atoms with Crippen molar-refractivity contribution in [2.24, 2.45) is 4.99 Å². The van der Waals surface area contributed by atoms with Crippen LogP contribution in [-0.2, 0) is 0 Å². The van der Waals surface area contributed by atoms with E-state index in [4.69, 9.17) is 17.0 Å². The molecule has 3 heteroatoms. The number of rotatable bonds is 3. The number of nitrogens with zero attached hydrogens (tertiary/aromatic N) is 1. The lowest BCUT2D eigenvalue weighted by molar-refractivity contribution is 1.47. The van der Waals surface area contributed by atoms with Crippen LogP contribution in [0.5, 0.6) is 0 Å². The van der Waals surface area contributed by atoms with Crippen LogP contribution in [0.15, 0.2) is 46.6 Å². The zero-order valence-corrected chi connectivity index (χ0v) is 7.75. The van der Waals surface area contributed by atoms with Gasteiger partial charge in [0.25, 0.3) is 0 Å². The molecular formula is C10H9ClN2. The third-order valence-corrected chi connectivity index (χ3v) is 1.73. The van der Waals surface area contributed by atoms with Crippen LogP contribution >= 0.6 is 11.6 Å². The number of benzene rings is 1. The molecule has 13 heavy (non-hydrogen) atoms. The predicted molar refractivity (Wildman–Crippen MR) is 56.8 cm³/mol. The minimum atomic E-state index is 0.230. The minimum absolute atomic E-state index is 0.230. The number of aliphatic imine (C=N–C) groups is 1. The Morgan fingerprint density at radius 2 is 2.00 bits per heavy atom. The number of halogens is 1. The van der Waals surface area contributed by atoms with E-state index < -0.39 is 0 Å². The lowest BCUT2D eigenvalue weighted by Crippen LogP contribution is -1.93. The molecule has 0 atom stereocenters. The zero-order chi connectivity index (χ0) is 9.68. The van der Waals surface area contributed by atoms with Gasteiger partial charge in [0.2, 0.25) is 0 Å². The minimum Gasteiger partial charge on any atom is -0.300 e. The lowest BCUT2D eigenvalue weighted by atomic mass is 10.1. The molecule has 0 unspecified atom stereocenters. The molecule has 1 N–H and O–H groups in total. The summed E-state index contributed by atoms with van der Waals surface area (Å²) in [5.41, 5.74) is 1.14. The van der Waals surface area contributed by atoms with Crippen LogP contribution in [0.3, 0.4) is 0 Å². The molecule has 0 aliphatic carbocycles. The Kier molecular flexibility index (Phi) is 3.41. The van der Waals surface area contributed by atoms with Gasteiger partial charge < -0.3 is 5.41 Å². The molecule has 0 radical (unpaired) electrons. The molecule has 0 fully saturated rings. The van der Waals surface area contributed by atoms with Crippen molar-refractivity contribution in [1.82, 2.24) is 0 Å². The maximum atomic E-state index is 7.61. The van der Waals surface area contributed by atoms with Crippen molar-refractivity contribution < 1.29 is 0 Å². The molecule has 66 valence electrons. The second-order valence-electron chi connectivity index (χ2n) is 2.40. The van der Waals surface area contributed by atoms with E-state index in [0.717, 1.165) is 5.56 Å². The van der Waals surface area contributed by atoms with E-state index in [2.05, 4.69) is 11.7 Å². The SMILES string of the molecule is C=N/C(Cl)=C\C(=N)c1ccccc1. The average Bonchev–Trinajstić information content (AvgIpc) is 2.19. The summed E-state index contributed by atoms with van der Waals surface area (Å²) in [4.78, 5) is 3.49. The fourth-order valence-electron chi connectivity index (χ4n) is 0.866. The highest BCUT2D eigenvalue weighted by Gasteiger charge is 1.96. The number of nitrogens with one attached hydrogen (secondary N) is 1. The Morgan fingerprint density at radius 1 is 1.38 bits per heavy atom. The lowest BCUT2D eigenvalue weighted by Gasteiger charge is -1.96. The summed E-state index contributed by atoms with van der Waals surface area (Å²) in [5, 5.41) is 7.85. The van der Waals surface area contributed by atoms with Gasteiger partial charge >= 0.3 is 0 Å². The smallest absolute Gasteiger partial charge is 0.130 e. The Bertz CT molecular complexity index is 341. The fourth-order valence-corrected chi connectivity index (χ4v) is 0.975. The van der Waals surface area contributed by atoms with Crippen LogP contribution in [0.2, 0.25) is 0 Å². The summed E-state index contributed by atoms with van der Waals surface area (Å²) in [7, 11) is 0. The standard InChI is InChI=1S/C10H9ClN2/c1-13-10(11)7-9(12)8-5-3-2-4-6-8/h2-7,12H,1H2/b10-7-,12-9?. The van der Waals surface area contributed by atoms with Crippen molar-refractivity contribution in [3.05, 3.63) is 47.1 Å². The molecule has 0 saturated heterocycles. The molecule has 2 nitrogen and oxygen atoms in total. The molecule has 0 saturated carbocycles. The summed E-state index contributed by atoms with van der Waals surface area (Å²) >= 11 is 5.60. The van der Waals surface area contributed by atoms with Crippen LogP contribution in [0.25, 0.3) is 0 Å². The van der Waals surface area contributed by atoms with E-state index in [-0.39, 0.29) is 5.16 Å². The molecule has 1 aromatic carbocycles. The van der Waals surface area contributed by atoms with E-state index in [9.17, 15) is 0 Å². The second kappa shape index (κ2) is 4.58. The third kappa shape index (κ3) is 2.84. The number of allylic oxidation sites excluding steroid dienone is 1. The van der Waals surface area contributed by atoms with Crippen LogP contribution in [-0.4, -0.2) is 12.4 Å². The van der Waals surface area contributed by atoms with Crippen molar-refractivity contribution in [3.63, 3.8) is 0 Å². The van der Waals surface area contributed by atoms with E-state index in [1.165, 1.54) is 6.08 Å². The zero-order valence-electron chi connectivity index (χ0n) is 7.00. The van der Waals surface area contributed by atoms with Crippen LogP contribution in [0.4, 0.5) is 0 Å². The molecule has 1 rings (SSSR count). The molecule has 0 heterocycles. The van der Waals surface area contributed by atoms with E-state index in [1.54, 1.807) is 0 Å². The van der Waals surface area contributed by atoms with Crippen molar-refractivity contribution >= 4 is 24.0 Å². The molecule has 0 aliphatic heterocycles. The van der Waals surface area contributed by atoms with E-state index in [0.29, 0.717) is 5.71 Å².